The Bertz CT molecular complexity index is 1390. The molecule has 3 aromatic carbocycles. The van der Waals surface area contributed by atoms with Crippen LogP contribution in [0, 0.1) is 5.82 Å². The molecule has 202 valence electrons. The maximum Gasteiger partial charge on any atom is 0.265 e. The predicted molar refractivity (Wildman–Crippen MR) is 150 cm³/mol. The first-order valence-electron chi connectivity index (χ1n) is 12.2. The second-order valence-corrected chi connectivity index (χ2v) is 11.8. The lowest BCUT2D eigenvalue weighted by Gasteiger charge is -2.22. The Morgan fingerprint density at radius 2 is 1.84 bits per heavy atom. The van der Waals surface area contributed by atoms with Crippen molar-refractivity contribution in [2.45, 2.75) is 24.8 Å². The molecule has 1 amide bonds. The Labute approximate surface area is 235 Å². The highest BCUT2D eigenvalue weighted by Gasteiger charge is 2.23. The van der Waals surface area contributed by atoms with Crippen LogP contribution < -0.4 is 9.46 Å². The van der Waals surface area contributed by atoms with E-state index in [2.05, 4.69) is 25.6 Å². The summed E-state index contributed by atoms with van der Waals surface area (Å²) in [6.45, 7) is 4.84. The largest absolute Gasteiger partial charge is 0.492 e. The van der Waals surface area contributed by atoms with Crippen LogP contribution in [0.5, 0.6) is 5.75 Å². The molecule has 0 radical (unpaired) electrons. The van der Waals surface area contributed by atoms with Gasteiger partial charge >= 0.3 is 0 Å². The number of benzene rings is 3. The lowest BCUT2D eigenvalue weighted by Crippen LogP contribution is -2.35. The molecule has 1 aliphatic rings. The van der Waals surface area contributed by atoms with E-state index in [1.807, 2.05) is 0 Å². The van der Waals surface area contributed by atoms with Crippen molar-refractivity contribution >= 4 is 49.1 Å². The molecule has 1 fully saturated rings. The highest BCUT2D eigenvalue weighted by molar-refractivity contribution is 9.10. The van der Waals surface area contributed by atoms with Crippen molar-refractivity contribution in [2.24, 2.45) is 0 Å². The summed E-state index contributed by atoms with van der Waals surface area (Å²) in [5.41, 5.74) is 1.24. The number of hydrogen-bond donors (Lipinski definition) is 1. The fraction of sp³-hybridized carbons (Fsp3) is 0.296. The van der Waals surface area contributed by atoms with Gasteiger partial charge < -0.3 is 9.64 Å². The molecule has 0 unspecified atom stereocenters. The lowest BCUT2D eigenvalue weighted by molar-refractivity contribution is 0.0761. The van der Waals surface area contributed by atoms with Crippen molar-refractivity contribution in [3.63, 3.8) is 0 Å². The van der Waals surface area contributed by atoms with Gasteiger partial charge in [-0.05, 0) is 67.9 Å². The summed E-state index contributed by atoms with van der Waals surface area (Å²) in [4.78, 5) is 17.0. The third-order valence-corrected chi connectivity index (χ3v) is 8.45. The minimum absolute atomic E-state index is 0.0136. The molecule has 7 nitrogen and oxygen atoms in total. The van der Waals surface area contributed by atoms with Gasteiger partial charge in [0, 0.05) is 59.0 Å². The predicted octanol–water partition coefficient (Wildman–Crippen LogP) is 5.79. The third-order valence-electron chi connectivity index (χ3n) is 6.20. The SMILES string of the molecule is CCOc1ccc(Br)cc1S(=O)(=O)Nc1ccc(C(=O)N2CCCN(Cc3c(F)cccc3Cl)CC2)cc1. The van der Waals surface area contributed by atoms with Crippen LogP contribution in [0.2, 0.25) is 5.02 Å². The molecule has 0 aliphatic carbocycles. The van der Waals surface area contributed by atoms with Crippen LogP contribution in [0.4, 0.5) is 10.1 Å². The van der Waals surface area contributed by atoms with Gasteiger partial charge in [0.05, 0.1) is 6.61 Å². The molecule has 1 N–H and O–H groups in total. The van der Waals surface area contributed by atoms with E-state index in [0.717, 1.165) is 6.42 Å². The van der Waals surface area contributed by atoms with Gasteiger partial charge in [-0.25, -0.2) is 12.8 Å². The average molecular weight is 625 g/mol. The van der Waals surface area contributed by atoms with Gasteiger partial charge in [-0.1, -0.05) is 33.6 Å². The van der Waals surface area contributed by atoms with Crippen LogP contribution in [-0.4, -0.2) is 56.9 Å². The Morgan fingerprint density at radius 1 is 1.08 bits per heavy atom. The minimum Gasteiger partial charge on any atom is -0.492 e. The fourth-order valence-corrected chi connectivity index (χ4v) is 6.24. The Kier molecular flexibility index (Phi) is 9.30. The molecule has 0 saturated carbocycles. The molecule has 0 spiro atoms. The number of carbonyl (C=O) groups is 1. The maximum absolute atomic E-state index is 14.2. The van der Waals surface area contributed by atoms with Crippen LogP contribution in [0.25, 0.3) is 0 Å². The smallest absolute Gasteiger partial charge is 0.265 e. The van der Waals surface area contributed by atoms with Gasteiger partial charge in [-0.2, -0.15) is 0 Å². The molecule has 4 rings (SSSR count). The van der Waals surface area contributed by atoms with Crippen LogP contribution in [0.1, 0.15) is 29.3 Å². The van der Waals surface area contributed by atoms with Crippen molar-refractivity contribution in [1.29, 1.82) is 0 Å². The second kappa shape index (κ2) is 12.5. The Morgan fingerprint density at radius 3 is 2.55 bits per heavy atom. The maximum atomic E-state index is 14.2. The Hall–Kier alpha value is -2.66. The van der Waals surface area contributed by atoms with E-state index in [-0.39, 0.29) is 22.4 Å². The number of nitrogens with zero attached hydrogens (tertiary/aromatic N) is 2. The van der Waals surface area contributed by atoms with Crippen molar-refractivity contribution in [3.05, 3.63) is 87.1 Å². The lowest BCUT2D eigenvalue weighted by atomic mass is 10.2. The molecule has 1 saturated heterocycles. The monoisotopic (exact) mass is 623 g/mol. The molecule has 38 heavy (non-hydrogen) atoms. The zero-order chi connectivity index (χ0) is 27.3. The average Bonchev–Trinajstić information content (AvgIpc) is 3.13. The number of sulfonamides is 1. The molecular formula is C27H28BrClFN3O4S. The second-order valence-electron chi connectivity index (χ2n) is 8.83. The first-order chi connectivity index (χ1) is 18.2. The Balaban J connectivity index is 1.40. The van der Waals surface area contributed by atoms with E-state index in [1.54, 1.807) is 60.4 Å². The molecule has 0 aromatic heterocycles. The molecular weight excluding hydrogens is 597 g/mol. The minimum atomic E-state index is -3.93. The molecule has 0 atom stereocenters. The summed E-state index contributed by atoms with van der Waals surface area (Å²) < 4.78 is 48.9. The number of nitrogens with one attached hydrogen (secondary N) is 1. The van der Waals surface area contributed by atoms with E-state index >= 15 is 0 Å². The zero-order valence-corrected chi connectivity index (χ0v) is 24.0. The highest BCUT2D eigenvalue weighted by atomic mass is 79.9. The van der Waals surface area contributed by atoms with Gasteiger partial charge in [-0.3, -0.25) is 14.4 Å². The molecule has 1 aliphatic heterocycles. The van der Waals surface area contributed by atoms with Gasteiger partial charge in [0.1, 0.15) is 16.5 Å². The summed E-state index contributed by atoms with van der Waals surface area (Å²) in [6.07, 6.45) is 0.741. The van der Waals surface area contributed by atoms with Crippen molar-refractivity contribution in [2.75, 3.05) is 37.5 Å². The third kappa shape index (κ3) is 6.85. The summed E-state index contributed by atoms with van der Waals surface area (Å²) >= 11 is 9.49. The summed E-state index contributed by atoms with van der Waals surface area (Å²) in [6, 6.07) is 15.8. The first kappa shape index (κ1) is 28.4. The highest BCUT2D eigenvalue weighted by Crippen LogP contribution is 2.29. The van der Waals surface area contributed by atoms with Crippen molar-refractivity contribution in [3.8, 4) is 5.75 Å². The van der Waals surface area contributed by atoms with Gasteiger partial charge in [0.2, 0.25) is 0 Å². The topological polar surface area (TPSA) is 78.9 Å². The van der Waals surface area contributed by atoms with Crippen LogP contribution >= 0.6 is 27.5 Å². The van der Waals surface area contributed by atoms with Crippen molar-refractivity contribution in [1.82, 2.24) is 9.80 Å². The standard InChI is InChI=1S/C27H28BrClFN3O4S/c1-2-37-25-12-9-20(28)17-26(25)38(35,36)31-21-10-7-19(8-11-21)27(34)33-14-4-13-32(15-16-33)18-22-23(29)5-3-6-24(22)30/h3,5-12,17,31H,2,4,13-16,18H2,1H3. The summed E-state index contributed by atoms with van der Waals surface area (Å²) in [5, 5.41) is 0.395. The van der Waals surface area contributed by atoms with E-state index in [9.17, 15) is 17.6 Å². The quantitative estimate of drug-likeness (QED) is 0.343. The summed E-state index contributed by atoms with van der Waals surface area (Å²) in [5.74, 6) is -0.224. The summed E-state index contributed by atoms with van der Waals surface area (Å²) in [7, 11) is -3.93. The van der Waals surface area contributed by atoms with E-state index in [0.29, 0.717) is 65.6 Å². The fourth-order valence-electron chi connectivity index (χ4n) is 4.28. The van der Waals surface area contributed by atoms with Crippen LogP contribution in [-0.2, 0) is 16.6 Å². The molecule has 1 heterocycles. The first-order valence-corrected chi connectivity index (χ1v) is 14.8. The normalized spacial score (nSPS) is 14.7. The van der Waals surface area contributed by atoms with Gasteiger partial charge in [-0.15, -0.1) is 0 Å². The van der Waals surface area contributed by atoms with Crippen LogP contribution in [0.15, 0.2) is 70.0 Å². The van der Waals surface area contributed by atoms with Crippen molar-refractivity contribution < 1.29 is 22.3 Å². The number of halogens is 3. The number of hydrogen-bond acceptors (Lipinski definition) is 5. The molecule has 0 bridgehead atoms. The number of rotatable bonds is 8. The van der Waals surface area contributed by atoms with Gasteiger partial charge in [0.15, 0.2) is 0 Å². The van der Waals surface area contributed by atoms with E-state index < -0.39 is 10.0 Å². The van der Waals surface area contributed by atoms with E-state index in [4.69, 9.17) is 16.3 Å². The number of anilines is 1. The van der Waals surface area contributed by atoms with Crippen LogP contribution in [0.3, 0.4) is 0 Å². The van der Waals surface area contributed by atoms with E-state index in [1.165, 1.54) is 12.1 Å². The van der Waals surface area contributed by atoms with Gasteiger partial charge in [0.25, 0.3) is 15.9 Å². The number of amides is 1. The number of carbonyl (C=O) groups excluding carboxylic acids is 1. The number of ether oxygens (including phenoxy) is 1. The molecule has 3 aromatic rings. The zero-order valence-electron chi connectivity index (χ0n) is 20.8. The molecule has 11 heteroatoms.